The summed E-state index contributed by atoms with van der Waals surface area (Å²) in [6, 6.07) is 7.26. The molecule has 0 saturated carbocycles. The fourth-order valence-corrected chi connectivity index (χ4v) is 3.19. The number of carbonyl (C=O) groups excluding carboxylic acids is 2. The molecule has 1 aromatic heterocycles. The summed E-state index contributed by atoms with van der Waals surface area (Å²) in [5.74, 6) is 0.961. The van der Waals surface area contributed by atoms with Crippen LogP contribution in [-0.2, 0) is 23.2 Å². The van der Waals surface area contributed by atoms with Crippen molar-refractivity contribution < 1.29 is 14.3 Å². The molecule has 0 bridgehead atoms. The third kappa shape index (κ3) is 6.45. The summed E-state index contributed by atoms with van der Waals surface area (Å²) in [5.41, 5.74) is 6.00. The molecule has 0 radical (unpaired) electrons. The topological polar surface area (TPSA) is 115 Å². The number of aromatic nitrogens is 2. The standard InChI is InChI=1S/C19H26N6O3.ClH/c1-24-8-7-22-19(24)16-11-21-6-9-25(16)12-18(27)23-10-14-2-4-15(5-3-14)28-13-17(20)26;/h2-5,7-8,16,21H,6,9-13H2,1H3,(H2,20,26)(H,23,27);1H. The Hall–Kier alpha value is -2.62. The molecule has 1 atom stereocenters. The highest BCUT2D eigenvalue weighted by atomic mass is 35.5. The highest BCUT2D eigenvalue weighted by Crippen LogP contribution is 2.19. The van der Waals surface area contributed by atoms with Crippen LogP contribution in [-0.4, -0.2) is 59.1 Å². The number of primary amides is 1. The van der Waals surface area contributed by atoms with E-state index in [-0.39, 0.29) is 31.0 Å². The molecular weight excluding hydrogens is 396 g/mol. The van der Waals surface area contributed by atoms with Crippen LogP contribution in [0.3, 0.4) is 0 Å². The number of halogens is 1. The van der Waals surface area contributed by atoms with E-state index in [1.54, 1.807) is 18.3 Å². The van der Waals surface area contributed by atoms with Gasteiger partial charge in [-0.3, -0.25) is 14.5 Å². The first kappa shape index (κ1) is 22.7. The quantitative estimate of drug-likeness (QED) is 0.550. The number of piperazine rings is 1. The molecule has 1 saturated heterocycles. The van der Waals surface area contributed by atoms with Crippen LogP contribution in [0.5, 0.6) is 5.75 Å². The highest BCUT2D eigenvalue weighted by Gasteiger charge is 2.28. The molecule has 10 heteroatoms. The van der Waals surface area contributed by atoms with Crippen molar-refractivity contribution in [1.82, 2.24) is 25.1 Å². The molecule has 1 aliphatic rings. The third-order valence-corrected chi connectivity index (χ3v) is 4.65. The third-order valence-electron chi connectivity index (χ3n) is 4.65. The molecule has 29 heavy (non-hydrogen) atoms. The fourth-order valence-electron chi connectivity index (χ4n) is 3.19. The van der Waals surface area contributed by atoms with E-state index >= 15 is 0 Å². The first-order chi connectivity index (χ1) is 13.5. The summed E-state index contributed by atoms with van der Waals surface area (Å²) in [5, 5.41) is 6.32. The van der Waals surface area contributed by atoms with Crippen LogP contribution in [0, 0.1) is 0 Å². The van der Waals surface area contributed by atoms with Crippen LogP contribution in [0.2, 0.25) is 0 Å². The van der Waals surface area contributed by atoms with Crippen molar-refractivity contribution in [2.45, 2.75) is 12.6 Å². The minimum Gasteiger partial charge on any atom is -0.484 e. The molecule has 158 valence electrons. The molecule has 0 aliphatic carbocycles. The van der Waals surface area contributed by atoms with E-state index in [1.807, 2.05) is 29.9 Å². The normalized spacial score (nSPS) is 16.7. The Morgan fingerprint density at radius 3 is 2.76 bits per heavy atom. The number of aryl methyl sites for hydroxylation is 1. The van der Waals surface area contributed by atoms with Crippen LogP contribution in [0.25, 0.3) is 0 Å². The zero-order valence-electron chi connectivity index (χ0n) is 16.3. The Morgan fingerprint density at radius 1 is 1.34 bits per heavy atom. The Balaban J connectivity index is 0.00000300. The summed E-state index contributed by atoms with van der Waals surface area (Å²) in [4.78, 5) is 29.8. The van der Waals surface area contributed by atoms with Gasteiger partial charge < -0.3 is 25.7 Å². The van der Waals surface area contributed by atoms with Crippen LogP contribution in [0.1, 0.15) is 17.4 Å². The molecule has 9 nitrogen and oxygen atoms in total. The van der Waals surface area contributed by atoms with Gasteiger partial charge >= 0.3 is 0 Å². The maximum absolute atomic E-state index is 12.5. The summed E-state index contributed by atoms with van der Waals surface area (Å²) in [6.45, 7) is 2.99. The van der Waals surface area contributed by atoms with Gasteiger partial charge in [0, 0.05) is 45.6 Å². The van der Waals surface area contributed by atoms with Crippen LogP contribution in [0.4, 0.5) is 0 Å². The van der Waals surface area contributed by atoms with Gasteiger partial charge in [-0.15, -0.1) is 12.4 Å². The van der Waals surface area contributed by atoms with Gasteiger partial charge in [-0.25, -0.2) is 4.98 Å². The molecule has 1 aliphatic heterocycles. The van der Waals surface area contributed by atoms with Gasteiger partial charge in [0.2, 0.25) is 5.91 Å². The van der Waals surface area contributed by atoms with E-state index in [2.05, 4.69) is 20.5 Å². The SMILES string of the molecule is Cl.Cn1ccnc1C1CNCCN1CC(=O)NCc1ccc(OCC(N)=O)cc1. The van der Waals surface area contributed by atoms with Gasteiger partial charge in [0.1, 0.15) is 11.6 Å². The maximum Gasteiger partial charge on any atom is 0.255 e. The fraction of sp³-hybridized carbons (Fsp3) is 0.421. The number of amides is 2. The second-order valence-corrected chi connectivity index (χ2v) is 6.76. The van der Waals surface area contributed by atoms with Crippen molar-refractivity contribution in [2.75, 3.05) is 32.8 Å². The lowest BCUT2D eigenvalue weighted by Crippen LogP contribution is -2.50. The molecule has 1 fully saturated rings. The largest absolute Gasteiger partial charge is 0.484 e. The zero-order valence-corrected chi connectivity index (χ0v) is 17.2. The first-order valence-corrected chi connectivity index (χ1v) is 9.21. The second-order valence-electron chi connectivity index (χ2n) is 6.76. The van der Waals surface area contributed by atoms with Crippen molar-refractivity contribution in [1.29, 1.82) is 0 Å². The molecule has 2 aromatic rings. The average Bonchev–Trinajstić information content (AvgIpc) is 3.11. The van der Waals surface area contributed by atoms with Gasteiger partial charge in [-0.05, 0) is 17.7 Å². The molecular formula is C19H27ClN6O3. The number of nitrogens with zero attached hydrogens (tertiary/aromatic N) is 3. The molecule has 3 rings (SSSR count). The summed E-state index contributed by atoms with van der Waals surface area (Å²) in [6.07, 6.45) is 3.69. The Kier molecular flexibility index (Phi) is 8.44. The van der Waals surface area contributed by atoms with E-state index in [1.165, 1.54) is 0 Å². The maximum atomic E-state index is 12.5. The van der Waals surface area contributed by atoms with E-state index in [4.69, 9.17) is 10.5 Å². The summed E-state index contributed by atoms with van der Waals surface area (Å²) >= 11 is 0. The van der Waals surface area contributed by atoms with Crippen molar-refractivity contribution in [3.05, 3.63) is 48.0 Å². The lowest BCUT2D eigenvalue weighted by Gasteiger charge is -2.35. The van der Waals surface area contributed by atoms with Crippen molar-refractivity contribution in [3.63, 3.8) is 0 Å². The number of rotatable bonds is 8. The molecule has 4 N–H and O–H groups in total. The van der Waals surface area contributed by atoms with E-state index in [9.17, 15) is 9.59 Å². The number of hydrogen-bond acceptors (Lipinski definition) is 6. The Morgan fingerprint density at radius 2 is 2.10 bits per heavy atom. The van der Waals surface area contributed by atoms with Gasteiger partial charge in [0.25, 0.3) is 5.91 Å². The van der Waals surface area contributed by atoms with Gasteiger partial charge in [0.05, 0.1) is 12.6 Å². The number of carbonyl (C=O) groups is 2. The summed E-state index contributed by atoms with van der Waals surface area (Å²) < 4.78 is 7.21. The predicted octanol–water partition coefficient (Wildman–Crippen LogP) is -0.0313. The number of ether oxygens (including phenoxy) is 1. The Labute approximate surface area is 176 Å². The number of imidazole rings is 1. The molecule has 2 heterocycles. The zero-order chi connectivity index (χ0) is 19.9. The number of nitrogens with one attached hydrogen (secondary N) is 2. The number of benzene rings is 1. The molecule has 2 amide bonds. The molecule has 1 aromatic carbocycles. The van der Waals surface area contributed by atoms with E-state index in [0.717, 1.165) is 31.0 Å². The first-order valence-electron chi connectivity index (χ1n) is 9.21. The van der Waals surface area contributed by atoms with Gasteiger partial charge in [-0.1, -0.05) is 12.1 Å². The number of hydrogen-bond donors (Lipinski definition) is 3. The monoisotopic (exact) mass is 422 g/mol. The Bertz CT molecular complexity index is 811. The minimum atomic E-state index is -0.520. The van der Waals surface area contributed by atoms with Gasteiger partial charge in [0.15, 0.2) is 6.61 Å². The van der Waals surface area contributed by atoms with Crippen LogP contribution in [0.15, 0.2) is 36.7 Å². The predicted molar refractivity (Wildman–Crippen MR) is 111 cm³/mol. The second kappa shape index (κ2) is 10.8. The van der Waals surface area contributed by atoms with Crippen LogP contribution >= 0.6 is 12.4 Å². The lowest BCUT2D eigenvalue weighted by molar-refractivity contribution is -0.123. The van der Waals surface area contributed by atoms with Crippen molar-refractivity contribution >= 4 is 24.2 Å². The average molecular weight is 423 g/mol. The highest BCUT2D eigenvalue weighted by molar-refractivity contribution is 5.85. The van der Waals surface area contributed by atoms with Crippen LogP contribution < -0.4 is 21.1 Å². The molecule has 0 spiro atoms. The smallest absolute Gasteiger partial charge is 0.255 e. The van der Waals surface area contributed by atoms with Crippen molar-refractivity contribution in [2.24, 2.45) is 12.8 Å². The molecule has 1 unspecified atom stereocenters. The van der Waals surface area contributed by atoms with Crippen molar-refractivity contribution in [3.8, 4) is 5.75 Å². The van der Waals surface area contributed by atoms with E-state index < -0.39 is 5.91 Å². The lowest BCUT2D eigenvalue weighted by atomic mass is 10.1. The van der Waals surface area contributed by atoms with E-state index in [0.29, 0.717) is 18.8 Å². The summed E-state index contributed by atoms with van der Waals surface area (Å²) in [7, 11) is 1.96. The van der Waals surface area contributed by atoms with Gasteiger partial charge in [-0.2, -0.15) is 0 Å². The minimum absolute atomic E-state index is 0. The number of nitrogens with two attached hydrogens (primary N) is 1.